The van der Waals surface area contributed by atoms with Gasteiger partial charge < -0.3 is 5.32 Å². The van der Waals surface area contributed by atoms with Crippen molar-refractivity contribution in [1.29, 1.82) is 0 Å². The first-order valence-corrected chi connectivity index (χ1v) is 10.8. The number of hydrogen-bond donors (Lipinski definition) is 1. The van der Waals surface area contributed by atoms with Crippen LogP contribution in [0.15, 0.2) is 28.6 Å². The third-order valence-corrected chi connectivity index (χ3v) is 6.39. The Morgan fingerprint density at radius 1 is 1.21 bits per heavy atom. The van der Waals surface area contributed by atoms with Gasteiger partial charge in [0, 0.05) is 25.5 Å². The van der Waals surface area contributed by atoms with E-state index in [1.165, 1.54) is 36.9 Å². The smallest absolute Gasteiger partial charge is 0.225 e. The van der Waals surface area contributed by atoms with E-state index < -0.39 is 0 Å². The number of hydrogen-bond acceptors (Lipinski definition) is 7. The number of Topliss-reactive ketones (excluding diaryl/α,β-unsaturated/α-hetero) is 1. The summed E-state index contributed by atoms with van der Waals surface area (Å²) in [6, 6.07) is 7.37. The first kappa shape index (κ1) is 20.5. The molecule has 7 nitrogen and oxygen atoms in total. The molecule has 0 saturated heterocycles. The van der Waals surface area contributed by atoms with Crippen LogP contribution in [0.25, 0.3) is 0 Å². The molecule has 0 bridgehead atoms. The third kappa shape index (κ3) is 5.17. The predicted octanol–water partition coefficient (Wildman–Crippen LogP) is 3.23. The zero-order chi connectivity index (χ0) is 20.3. The maximum Gasteiger partial charge on any atom is 0.225 e. The van der Waals surface area contributed by atoms with E-state index in [4.69, 9.17) is 0 Å². The van der Waals surface area contributed by atoms with Crippen LogP contribution >= 0.6 is 23.1 Å². The van der Waals surface area contributed by atoms with Crippen molar-refractivity contribution < 1.29 is 14.4 Å². The Balaban J connectivity index is 1.57. The van der Waals surface area contributed by atoms with Crippen LogP contribution in [0.4, 0.5) is 5.13 Å². The molecule has 1 aliphatic rings. The standard InChI is InChI=1S/C19H22N4O3S2/c1-11(20-12(2)24)14-4-6-15(7-5-14)17(26)10-27-19-22-21-18(28-19)23(13(3)25)16-8-9-16/h4-7,11,16H,8-10H2,1-3H3,(H,20,24). The zero-order valence-electron chi connectivity index (χ0n) is 16.0. The SMILES string of the molecule is CC(=O)NC(C)c1ccc(C(=O)CSc2nnc(N(C(C)=O)C3CC3)s2)cc1. The van der Waals surface area contributed by atoms with Gasteiger partial charge in [0.05, 0.1) is 11.8 Å². The molecule has 1 aromatic carbocycles. The van der Waals surface area contributed by atoms with E-state index in [1.807, 2.05) is 19.1 Å². The quantitative estimate of drug-likeness (QED) is 0.402. The van der Waals surface area contributed by atoms with E-state index in [0.717, 1.165) is 18.4 Å². The molecule has 0 spiro atoms. The molecule has 2 aromatic rings. The lowest BCUT2D eigenvalue weighted by atomic mass is 10.0. The predicted molar refractivity (Wildman–Crippen MR) is 110 cm³/mol. The number of benzene rings is 1. The molecular weight excluding hydrogens is 396 g/mol. The highest BCUT2D eigenvalue weighted by Crippen LogP contribution is 2.35. The van der Waals surface area contributed by atoms with Gasteiger partial charge in [-0.15, -0.1) is 10.2 Å². The van der Waals surface area contributed by atoms with Crippen molar-refractivity contribution in [3.8, 4) is 0 Å². The van der Waals surface area contributed by atoms with Crippen molar-refractivity contribution in [1.82, 2.24) is 15.5 Å². The van der Waals surface area contributed by atoms with Crippen molar-refractivity contribution in [3.63, 3.8) is 0 Å². The largest absolute Gasteiger partial charge is 0.350 e. The topological polar surface area (TPSA) is 92.3 Å². The molecule has 1 atom stereocenters. The summed E-state index contributed by atoms with van der Waals surface area (Å²) in [4.78, 5) is 37.1. The Kier molecular flexibility index (Phi) is 6.46. The Morgan fingerprint density at radius 2 is 1.89 bits per heavy atom. The summed E-state index contributed by atoms with van der Waals surface area (Å²) in [5, 5.41) is 11.6. The van der Waals surface area contributed by atoms with Gasteiger partial charge in [-0.1, -0.05) is 47.4 Å². The van der Waals surface area contributed by atoms with Gasteiger partial charge in [-0.3, -0.25) is 19.3 Å². The fourth-order valence-corrected chi connectivity index (χ4v) is 4.65. The fourth-order valence-electron chi connectivity index (χ4n) is 2.80. The number of rotatable bonds is 8. The maximum atomic E-state index is 12.4. The van der Waals surface area contributed by atoms with Crippen LogP contribution < -0.4 is 10.2 Å². The van der Waals surface area contributed by atoms with E-state index in [1.54, 1.807) is 17.0 Å². The number of carbonyl (C=O) groups excluding carboxylic acids is 3. The van der Waals surface area contributed by atoms with Crippen LogP contribution in [-0.4, -0.2) is 39.6 Å². The van der Waals surface area contributed by atoms with Crippen molar-refractivity contribution in [2.75, 3.05) is 10.7 Å². The molecule has 1 unspecified atom stereocenters. The van der Waals surface area contributed by atoms with Crippen LogP contribution in [-0.2, 0) is 9.59 Å². The minimum Gasteiger partial charge on any atom is -0.350 e. The van der Waals surface area contributed by atoms with Crippen molar-refractivity contribution in [2.45, 2.75) is 50.0 Å². The second-order valence-electron chi connectivity index (χ2n) is 6.73. The highest BCUT2D eigenvalue weighted by Gasteiger charge is 2.34. The van der Waals surface area contributed by atoms with E-state index in [9.17, 15) is 14.4 Å². The molecule has 1 N–H and O–H groups in total. The molecule has 1 aliphatic carbocycles. The van der Waals surface area contributed by atoms with Crippen molar-refractivity contribution >= 4 is 45.8 Å². The fraction of sp³-hybridized carbons (Fsp3) is 0.421. The summed E-state index contributed by atoms with van der Waals surface area (Å²) < 4.78 is 0.672. The number of carbonyl (C=O) groups is 3. The molecule has 148 valence electrons. The van der Waals surface area contributed by atoms with Crippen LogP contribution in [0.2, 0.25) is 0 Å². The van der Waals surface area contributed by atoms with Gasteiger partial charge >= 0.3 is 0 Å². The minimum atomic E-state index is -0.105. The molecular formula is C19H22N4O3S2. The van der Waals surface area contributed by atoms with Crippen LogP contribution in [0, 0.1) is 0 Å². The molecule has 9 heteroatoms. The summed E-state index contributed by atoms with van der Waals surface area (Å²) in [7, 11) is 0. The highest BCUT2D eigenvalue weighted by atomic mass is 32.2. The molecule has 28 heavy (non-hydrogen) atoms. The highest BCUT2D eigenvalue weighted by molar-refractivity contribution is 8.01. The number of ketones is 1. The van der Waals surface area contributed by atoms with Crippen molar-refractivity contribution in [2.24, 2.45) is 0 Å². The Bertz CT molecular complexity index is 878. The molecule has 0 aliphatic heterocycles. The van der Waals surface area contributed by atoms with Crippen molar-refractivity contribution in [3.05, 3.63) is 35.4 Å². The molecule has 1 saturated carbocycles. The summed E-state index contributed by atoms with van der Waals surface area (Å²) in [5.74, 6) is 0.120. The maximum absolute atomic E-state index is 12.4. The van der Waals surface area contributed by atoms with Gasteiger partial charge in [0.2, 0.25) is 16.9 Å². The molecule has 1 aromatic heterocycles. The monoisotopic (exact) mass is 418 g/mol. The summed E-state index contributed by atoms with van der Waals surface area (Å²) in [5.41, 5.74) is 1.55. The van der Waals surface area contributed by atoms with Gasteiger partial charge in [0.25, 0.3) is 0 Å². The second kappa shape index (κ2) is 8.83. The number of amides is 2. The van der Waals surface area contributed by atoms with Crippen LogP contribution in [0.5, 0.6) is 0 Å². The van der Waals surface area contributed by atoms with Gasteiger partial charge in [-0.05, 0) is 25.3 Å². The van der Waals surface area contributed by atoms with Crippen LogP contribution in [0.3, 0.4) is 0 Å². The number of thioether (sulfide) groups is 1. The summed E-state index contributed by atoms with van der Waals surface area (Å²) in [6.07, 6.45) is 1.99. The first-order chi connectivity index (χ1) is 13.3. The lowest BCUT2D eigenvalue weighted by Crippen LogP contribution is -2.30. The van der Waals surface area contributed by atoms with Gasteiger partial charge in [0.1, 0.15) is 0 Å². The first-order valence-electron chi connectivity index (χ1n) is 9.01. The number of nitrogens with one attached hydrogen (secondary N) is 1. The average molecular weight is 419 g/mol. The molecule has 0 radical (unpaired) electrons. The number of aromatic nitrogens is 2. The normalized spacial score (nSPS) is 14.4. The van der Waals surface area contributed by atoms with E-state index in [0.29, 0.717) is 15.0 Å². The number of anilines is 1. The Labute approximate surface area is 171 Å². The van der Waals surface area contributed by atoms with E-state index in [-0.39, 0.29) is 35.4 Å². The molecule has 2 amide bonds. The zero-order valence-corrected chi connectivity index (χ0v) is 17.6. The lowest BCUT2D eigenvalue weighted by molar-refractivity contribution is -0.119. The minimum absolute atomic E-state index is 0.00824. The Hall–Kier alpha value is -2.26. The van der Waals surface area contributed by atoms with Gasteiger partial charge in [0.15, 0.2) is 10.1 Å². The summed E-state index contributed by atoms with van der Waals surface area (Å²) in [6.45, 7) is 4.91. The van der Waals surface area contributed by atoms with Gasteiger partial charge in [-0.2, -0.15) is 0 Å². The Morgan fingerprint density at radius 3 is 2.46 bits per heavy atom. The molecule has 1 heterocycles. The average Bonchev–Trinajstić information content (AvgIpc) is 3.36. The van der Waals surface area contributed by atoms with E-state index >= 15 is 0 Å². The van der Waals surface area contributed by atoms with E-state index in [2.05, 4.69) is 15.5 Å². The molecule has 3 rings (SSSR count). The number of nitrogens with zero attached hydrogens (tertiary/aromatic N) is 3. The third-order valence-electron chi connectivity index (χ3n) is 4.33. The second-order valence-corrected chi connectivity index (χ2v) is 8.91. The van der Waals surface area contributed by atoms with Crippen LogP contribution in [0.1, 0.15) is 55.6 Å². The summed E-state index contributed by atoms with van der Waals surface area (Å²) >= 11 is 2.67. The lowest BCUT2D eigenvalue weighted by Gasteiger charge is -2.15. The van der Waals surface area contributed by atoms with Gasteiger partial charge in [-0.25, -0.2) is 0 Å². The molecule has 1 fully saturated rings.